The lowest BCUT2D eigenvalue weighted by Gasteiger charge is -2.43. The third-order valence-electron chi connectivity index (χ3n) is 11.1. The molecule has 46 heavy (non-hydrogen) atoms. The van der Waals surface area contributed by atoms with Crippen LogP contribution in [0.4, 0.5) is 5.82 Å². The average molecular weight is 631 g/mol. The first kappa shape index (κ1) is 31.4. The first-order chi connectivity index (χ1) is 22.5. The summed E-state index contributed by atoms with van der Waals surface area (Å²) in [5.74, 6) is 0.919. The van der Waals surface area contributed by atoms with E-state index in [0.717, 1.165) is 90.4 Å². The highest BCUT2D eigenvalue weighted by Crippen LogP contribution is 2.29. The van der Waals surface area contributed by atoms with Crippen molar-refractivity contribution in [2.24, 2.45) is 5.92 Å². The van der Waals surface area contributed by atoms with Gasteiger partial charge in [0.1, 0.15) is 17.6 Å². The Bertz CT molecular complexity index is 1370. The van der Waals surface area contributed by atoms with E-state index in [1.807, 2.05) is 0 Å². The van der Waals surface area contributed by atoms with E-state index >= 15 is 0 Å². The molecule has 4 fully saturated rings. The molecule has 1 aromatic heterocycles. The van der Waals surface area contributed by atoms with Crippen LogP contribution in [0.3, 0.4) is 0 Å². The molecule has 2 atom stereocenters. The number of nitrogens with zero attached hydrogens (tertiary/aromatic N) is 5. The number of hydrogen-bond donors (Lipinski definition) is 2. The summed E-state index contributed by atoms with van der Waals surface area (Å²) in [6, 6.07) is 10.7. The van der Waals surface area contributed by atoms with Gasteiger partial charge in [-0.1, -0.05) is 43.5 Å². The lowest BCUT2D eigenvalue weighted by molar-refractivity contribution is -0.137. The minimum absolute atomic E-state index is 0.0251. The van der Waals surface area contributed by atoms with Crippen LogP contribution >= 0.6 is 0 Å². The molecule has 2 amide bonds. The number of likely N-dealkylation sites (tertiary alicyclic amines) is 2. The summed E-state index contributed by atoms with van der Waals surface area (Å²) >= 11 is 0. The minimum atomic E-state index is -0.627. The van der Waals surface area contributed by atoms with Crippen LogP contribution < -0.4 is 10.1 Å². The fourth-order valence-electron chi connectivity index (χ4n) is 8.37. The number of benzene rings is 1. The molecular weight excluding hydrogens is 580 g/mol. The fourth-order valence-corrected chi connectivity index (χ4v) is 8.37. The van der Waals surface area contributed by atoms with Crippen LogP contribution in [0.5, 0.6) is 6.01 Å². The van der Waals surface area contributed by atoms with E-state index in [2.05, 4.69) is 44.4 Å². The van der Waals surface area contributed by atoms with Crippen molar-refractivity contribution in [2.75, 3.05) is 38.0 Å². The number of carbonyl (C=O) groups is 2. The summed E-state index contributed by atoms with van der Waals surface area (Å²) in [5, 5.41) is 14.8. The van der Waals surface area contributed by atoms with E-state index in [9.17, 15) is 14.7 Å². The van der Waals surface area contributed by atoms with Crippen molar-refractivity contribution in [3.63, 3.8) is 0 Å². The van der Waals surface area contributed by atoms with Gasteiger partial charge in [-0.2, -0.15) is 9.97 Å². The van der Waals surface area contributed by atoms with Gasteiger partial charge in [-0.15, -0.1) is 0 Å². The number of nitrogens with one attached hydrogen (secondary N) is 1. The Morgan fingerprint density at radius 3 is 2.30 bits per heavy atom. The molecule has 0 unspecified atom stereocenters. The van der Waals surface area contributed by atoms with Crippen LogP contribution in [-0.2, 0) is 17.8 Å². The number of carbonyl (C=O) groups excluding carboxylic acids is 2. The summed E-state index contributed by atoms with van der Waals surface area (Å²) in [5.41, 5.74) is 3.02. The molecule has 7 rings (SSSR count). The number of rotatable bonds is 7. The number of aliphatic hydroxyl groups is 1. The highest BCUT2D eigenvalue weighted by Gasteiger charge is 2.36. The van der Waals surface area contributed by atoms with Crippen LogP contribution in [0.25, 0.3) is 0 Å². The molecule has 0 radical (unpaired) electrons. The standard InChI is InChI=1S/C36H50N6O4/c43-32-24-42(21-17-31(32)41-18-14-25-8-4-5-11-27(25)23-41)35(45)30-22-33(39-36(38-30)46-29-12-6-7-13-29)37-28-15-19-40(20-16-28)34(44)26-9-2-1-3-10-26/h4-5,8,11,22,26,28-29,31-32,43H,1-3,6-7,9-10,12-21,23-24H2,(H,37,38,39)/t31-,32-/m1/s1. The van der Waals surface area contributed by atoms with E-state index in [4.69, 9.17) is 9.72 Å². The van der Waals surface area contributed by atoms with E-state index in [-0.39, 0.29) is 42.6 Å². The molecule has 10 nitrogen and oxygen atoms in total. The maximum Gasteiger partial charge on any atom is 0.319 e. The van der Waals surface area contributed by atoms with Crippen molar-refractivity contribution in [3.05, 3.63) is 47.2 Å². The average Bonchev–Trinajstić information content (AvgIpc) is 3.61. The number of fused-ring (bicyclic) bond motifs is 1. The molecule has 5 aliphatic rings. The van der Waals surface area contributed by atoms with Crippen LogP contribution in [-0.4, -0.2) is 98.6 Å². The molecule has 2 saturated heterocycles. The first-order valence-corrected chi connectivity index (χ1v) is 17.9. The highest BCUT2D eigenvalue weighted by atomic mass is 16.5. The van der Waals surface area contributed by atoms with E-state index < -0.39 is 6.10 Å². The van der Waals surface area contributed by atoms with Crippen LogP contribution in [0.15, 0.2) is 30.3 Å². The Morgan fingerprint density at radius 2 is 1.54 bits per heavy atom. The third kappa shape index (κ3) is 7.18. The van der Waals surface area contributed by atoms with Gasteiger partial charge in [0, 0.05) is 63.3 Å². The molecule has 248 valence electrons. The predicted molar refractivity (Wildman–Crippen MR) is 176 cm³/mol. The summed E-state index contributed by atoms with van der Waals surface area (Å²) in [6.07, 6.45) is 12.7. The van der Waals surface area contributed by atoms with E-state index in [1.165, 1.54) is 30.4 Å². The van der Waals surface area contributed by atoms with Gasteiger partial charge in [0.25, 0.3) is 5.91 Å². The van der Waals surface area contributed by atoms with E-state index in [0.29, 0.717) is 24.0 Å². The van der Waals surface area contributed by atoms with Crippen molar-refractivity contribution in [1.29, 1.82) is 0 Å². The smallest absolute Gasteiger partial charge is 0.319 e. The van der Waals surface area contributed by atoms with Crippen LogP contribution in [0.1, 0.15) is 98.7 Å². The maximum absolute atomic E-state index is 13.9. The van der Waals surface area contributed by atoms with Gasteiger partial charge < -0.3 is 25.0 Å². The van der Waals surface area contributed by atoms with Gasteiger partial charge in [0.15, 0.2) is 0 Å². The molecular formula is C36H50N6O4. The summed E-state index contributed by atoms with van der Waals surface area (Å²) < 4.78 is 6.20. The number of hydrogen-bond acceptors (Lipinski definition) is 8. The molecule has 1 aromatic carbocycles. The zero-order valence-electron chi connectivity index (χ0n) is 27.1. The minimum Gasteiger partial charge on any atom is -0.460 e. The predicted octanol–water partition coefficient (Wildman–Crippen LogP) is 4.41. The number of aliphatic hydroxyl groups excluding tert-OH is 1. The van der Waals surface area contributed by atoms with Gasteiger partial charge in [-0.3, -0.25) is 14.5 Å². The number of aromatic nitrogens is 2. The molecule has 3 aliphatic heterocycles. The maximum atomic E-state index is 13.9. The molecule has 4 heterocycles. The van der Waals surface area contributed by atoms with Crippen molar-refractivity contribution in [1.82, 2.24) is 24.7 Å². The third-order valence-corrected chi connectivity index (χ3v) is 11.1. The first-order valence-electron chi connectivity index (χ1n) is 17.9. The number of amides is 2. The Morgan fingerprint density at radius 1 is 0.826 bits per heavy atom. The highest BCUT2D eigenvalue weighted by molar-refractivity contribution is 5.93. The number of piperidine rings is 2. The topological polar surface area (TPSA) is 111 Å². The molecule has 2 aliphatic carbocycles. The van der Waals surface area contributed by atoms with Crippen molar-refractivity contribution in [3.8, 4) is 6.01 Å². The number of anilines is 1. The Balaban J connectivity index is 0.998. The molecule has 10 heteroatoms. The summed E-state index contributed by atoms with van der Waals surface area (Å²) in [4.78, 5) is 42.4. The van der Waals surface area contributed by atoms with Gasteiger partial charge in [0.05, 0.1) is 6.10 Å². The molecule has 2 N–H and O–H groups in total. The lowest BCUT2D eigenvalue weighted by atomic mass is 9.87. The van der Waals surface area contributed by atoms with Gasteiger partial charge in [-0.05, 0) is 75.3 Å². The molecule has 0 bridgehead atoms. The number of β-amino-alcohol motifs (C(OH)–C–C–N with tert-alkyl or cyclic N) is 1. The monoisotopic (exact) mass is 630 g/mol. The Kier molecular flexibility index (Phi) is 9.72. The summed E-state index contributed by atoms with van der Waals surface area (Å²) in [7, 11) is 0. The quantitative estimate of drug-likeness (QED) is 0.463. The van der Waals surface area contributed by atoms with Crippen LogP contribution in [0.2, 0.25) is 0 Å². The Labute approximate surface area is 272 Å². The zero-order chi connectivity index (χ0) is 31.5. The van der Waals surface area contributed by atoms with Gasteiger partial charge in [0.2, 0.25) is 5.91 Å². The lowest BCUT2D eigenvalue weighted by Crippen LogP contribution is -2.56. The second kappa shape index (κ2) is 14.3. The summed E-state index contributed by atoms with van der Waals surface area (Å²) in [6.45, 7) is 4.08. The Hall–Kier alpha value is -3.24. The van der Waals surface area contributed by atoms with E-state index in [1.54, 1.807) is 11.0 Å². The zero-order valence-corrected chi connectivity index (χ0v) is 27.1. The second-order valence-electron chi connectivity index (χ2n) is 14.2. The largest absolute Gasteiger partial charge is 0.460 e. The second-order valence-corrected chi connectivity index (χ2v) is 14.2. The van der Waals surface area contributed by atoms with Crippen molar-refractivity contribution in [2.45, 2.75) is 114 Å². The fraction of sp³-hybridized carbons (Fsp3) is 0.667. The molecule has 2 saturated carbocycles. The van der Waals surface area contributed by atoms with Crippen molar-refractivity contribution >= 4 is 17.6 Å². The van der Waals surface area contributed by atoms with Gasteiger partial charge >= 0.3 is 6.01 Å². The molecule has 2 aromatic rings. The number of ether oxygens (including phenoxy) is 1. The molecule has 0 spiro atoms. The van der Waals surface area contributed by atoms with Crippen molar-refractivity contribution < 1.29 is 19.4 Å². The normalized spacial score (nSPS) is 25.3. The van der Waals surface area contributed by atoms with Crippen LogP contribution in [0, 0.1) is 5.92 Å². The van der Waals surface area contributed by atoms with Gasteiger partial charge in [-0.25, -0.2) is 0 Å². The SMILES string of the molecule is O=C(c1cc(NC2CCN(C(=O)C3CCCCC3)CC2)nc(OC2CCCC2)n1)N1CC[C@@H](N2CCc3ccccc3C2)[C@H](O)C1.